The number of carbonyl (C=O) groups excluding carboxylic acids is 6. The summed E-state index contributed by atoms with van der Waals surface area (Å²) < 4.78 is 37.6. The van der Waals surface area contributed by atoms with Crippen LogP contribution in [-0.4, -0.2) is 147 Å². The summed E-state index contributed by atoms with van der Waals surface area (Å²) in [5.41, 5.74) is 11.1. The molecule has 0 spiro atoms. The minimum atomic E-state index is -3.86. The van der Waals surface area contributed by atoms with Gasteiger partial charge in [0.05, 0.1) is 25.6 Å². The predicted octanol–water partition coefficient (Wildman–Crippen LogP) is 0.192. The lowest BCUT2D eigenvalue weighted by atomic mass is 10.0. The number of carbonyl (C=O) groups is 6. The van der Waals surface area contributed by atoms with Gasteiger partial charge >= 0.3 is 0 Å². The number of amides is 6. The van der Waals surface area contributed by atoms with E-state index in [1.54, 1.807) is 0 Å². The standard InChI is InChI=1S/C43H82N14O10S/c1-3-4-20-33(40(61)47-2)51-42(63)35(31-44)52-41(62)34(21-18-25-49-43(45)46)50-39(60)32-67-29-28-66-27-26-48-37(58)24-19-30-68(64,65)55-38(59)23-17-15-13-11-9-7-5-6-8-10-12-14-16-22-36-53-56-57-54-36/h33-35H,3-32,44H2,1-2H3,(H,47,61)(H,48,58)(H,50,60)(H,51,63)(H,52,62)(H,55,59)(H4,45,46,49)(H,53,54,56,57)/t33-,34-,35-/m0/s1. The molecule has 1 rings (SSSR count). The fraction of sp³-hybridized carbons (Fsp3) is 0.814. The molecule has 0 radical (unpaired) electrons. The number of ether oxygens (including phenoxy) is 2. The van der Waals surface area contributed by atoms with Gasteiger partial charge in [-0.15, -0.1) is 5.10 Å². The molecule has 13 N–H and O–H groups in total. The number of nitrogens with two attached hydrogens (primary N) is 2. The Morgan fingerprint density at radius 2 is 1.24 bits per heavy atom. The second-order valence-corrected chi connectivity index (χ2v) is 18.5. The van der Waals surface area contributed by atoms with E-state index in [1.807, 2.05) is 6.92 Å². The fourth-order valence-corrected chi connectivity index (χ4v) is 7.98. The van der Waals surface area contributed by atoms with E-state index in [0.29, 0.717) is 25.7 Å². The summed E-state index contributed by atoms with van der Waals surface area (Å²) in [4.78, 5) is 75.7. The Morgan fingerprint density at radius 1 is 0.662 bits per heavy atom. The van der Waals surface area contributed by atoms with Crippen molar-refractivity contribution in [3.05, 3.63) is 5.82 Å². The third kappa shape index (κ3) is 32.7. The van der Waals surface area contributed by atoms with Crippen molar-refractivity contribution in [2.75, 3.05) is 58.9 Å². The van der Waals surface area contributed by atoms with Crippen molar-refractivity contribution >= 4 is 51.4 Å². The molecule has 390 valence electrons. The molecule has 6 amide bonds. The van der Waals surface area contributed by atoms with Gasteiger partial charge in [0, 0.05) is 45.9 Å². The van der Waals surface area contributed by atoms with Crippen LogP contribution < -0.4 is 48.1 Å². The molecule has 0 aliphatic rings. The molecule has 0 aliphatic heterocycles. The van der Waals surface area contributed by atoms with Gasteiger partial charge in [-0.3, -0.25) is 38.9 Å². The Labute approximate surface area is 402 Å². The number of aromatic amines is 1. The van der Waals surface area contributed by atoms with E-state index in [-0.39, 0.29) is 88.7 Å². The first-order valence-electron chi connectivity index (χ1n) is 24.3. The normalized spacial score (nSPS) is 12.6. The molecule has 3 atom stereocenters. The molecule has 0 saturated carbocycles. The highest BCUT2D eigenvalue weighted by atomic mass is 32.2. The molecule has 0 bridgehead atoms. The minimum absolute atomic E-state index is 0.0121. The maximum absolute atomic E-state index is 13.3. The molecule has 0 unspecified atom stereocenters. The highest BCUT2D eigenvalue weighted by Crippen LogP contribution is 2.14. The van der Waals surface area contributed by atoms with Gasteiger partial charge in [0.1, 0.15) is 30.6 Å². The molecular weight excluding hydrogens is 905 g/mol. The Balaban J connectivity index is 2.20. The van der Waals surface area contributed by atoms with Gasteiger partial charge < -0.3 is 52.8 Å². The van der Waals surface area contributed by atoms with Crippen LogP contribution in [0.2, 0.25) is 0 Å². The molecule has 1 heterocycles. The SMILES string of the molecule is CCCC[C@H](NC(=O)[C@H](CN)NC(=O)[C@H](CCCNC(=N)N)NC(=O)COCCOCCNC(=O)CCCS(=O)(=O)NC(=O)CCCCCCCCCCCCCCCc1nnn[nH]1)C(=O)NC. The molecule has 0 aliphatic carbocycles. The van der Waals surface area contributed by atoms with Crippen molar-refractivity contribution in [3.63, 3.8) is 0 Å². The largest absolute Gasteiger partial charge is 0.377 e. The maximum atomic E-state index is 13.3. The number of hydrogen-bond donors (Lipinski definition) is 11. The third-order valence-corrected chi connectivity index (χ3v) is 12.1. The minimum Gasteiger partial charge on any atom is -0.377 e. The van der Waals surface area contributed by atoms with E-state index < -0.39 is 58.4 Å². The lowest BCUT2D eigenvalue weighted by Gasteiger charge is -2.24. The van der Waals surface area contributed by atoms with Crippen molar-refractivity contribution in [3.8, 4) is 0 Å². The van der Waals surface area contributed by atoms with E-state index in [4.69, 9.17) is 26.4 Å². The lowest BCUT2D eigenvalue weighted by Crippen LogP contribution is -2.58. The van der Waals surface area contributed by atoms with Gasteiger partial charge in [0.15, 0.2) is 5.96 Å². The first-order chi connectivity index (χ1) is 32.7. The van der Waals surface area contributed by atoms with Crippen LogP contribution in [0.1, 0.15) is 148 Å². The predicted molar refractivity (Wildman–Crippen MR) is 256 cm³/mol. The average molecular weight is 987 g/mol. The van der Waals surface area contributed by atoms with E-state index in [1.165, 1.54) is 52.0 Å². The van der Waals surface area contributed by atoms with Gasteiger partial charge in [-0.05, 0) is 49.0 Å². The molecular formula is C43H82N14O10S. The number of rotatable bonds is 43. The number of hydrogen-bond acceptors (Lipinski definition) is 15. The quantitative estimate of drug-likeness (QED) is 0.0236. The zero-order chi connectivity index (χ0) is 50.3. The van der Waals surface area contributed by atoms with Crippen LogP contribution in [0.4, 0.5) is 0 Å². The zero-order valence-electron chi connectivity index (χ0n) is 40.4. The Bertz CT molecular complexity index is 1690. The third-order valence-electron chi connectivity index (χ3n) is 10.7. The molecule has 25 heteroatoms. The van der Waals surface area contributed by atoms with E-state index in [9.17, 15) is 37.2 Å². The van der Waals surface area contributed by atoms with E-state index in [2.05, 4.69) is 57.2 Å². The van der Waals surface area contributed by atoms with Crippen molar-refractivity contribution in [2.24, 2.45) is 11.5 Å². The summed E-state index contributed by atoms with van der Waals surface area (Å²) >= 11 is 0. The number of aromatic nitrogens is 4. The van der Waals surface area contributed by atoms with Gasteiger partial charge in [-0.25, -0.2) is 13.5 Å². The molecule has 68 heavy (non-hydrogen) atoms. The van der Waals surface area contributed by atoms with Crippen LogP contribution in [0.15, 0.2) is 0 Å². The maximum Gasteiger partial charge on any atom is 0.246 e. The average Bonchev–Trinajstić information content (AvgIpc) is 3.83. The van der Waals surface area contributed by atoms with E-state index >= 15 is 0 Å². The zero-order valence-corrected chi connectivity index (χ0v) is 41.2. The smallest absolute Gasteiger partial charge is 0.246 e. The summed E-state index contributed by atoms with van der Waals surface area (Å²) in [5, 5.41) is 36.7. The summed E-state index contributed by atoms with van der Waals surface area (Å²) in [5.74, 6) is -3.02. The van der Waals surface area contributed by atoms with Crippen molar-refractivity contribution in [1.29, 1.82) is 5.41 Å². The molecule has 0 saturated heterocycles. The number of H-pyrrole nitrogens is 1. The summed E-state index contributed by atoms with van der Waals surface area (Å²) in [6.45, 7) is 1.87. The number of sulfonamides is 1. The van der Waals surface area contributed by atoms with Crippen LogP contribution in [-0.2, 0) is 54.7 Å². The number of guanidine groups is 1. The topological polar surface area (TPSA) is 370 Å². The number of likely N-dealkylation sites (N-methyl/N-ethyl adjacent to an activating group) is 1. The van der Waals surface area contributed by atoms with Crippen molar-refractivity contribution < 1.29 is 46.7 Å². The van der Waals surface area contributed by atoms with Crippen molar-refractivity contribution in [2.45, 2.75) is 166 Å². The highest BCUT2D eigenvalue weighted by molar-refractivity contribution is 7.90. The molecule has 0 aromatic carbocycles. The first kappa shape index (κ1) is 61.0. The van der Waals surface area contributed by atoms with Crippen LogP contribution >= 0.6 is 0 Å². The number of unbranched alkanes of at least 4 members (excludes halogenated alkanes) is 13. The number of tetrazole rings is 1. The van der Waals surface area contributed by atoms with Crippen LogP contribution in [0.3, 0.4) is 0 Å². The number of nitrogens with one attached hydrogen (secondary N) is 9. The van der Waals surface area contributed by atoms with Gasteiger partial charge in [-0.1, -0.05) is 90.4 Å². The lowest BCUT2D eigenvalue weighted by molar-refractivity contribution is -0.134. The second kappa shape index (κ2) is 38.9. The molecule has 1 aromatic rings. The highest BCUT2D eigenvalue weighted by Gasteiger charge is 2.28. The fourth-order valence-electron chi connectivity index (χ4n) is 6.90. The summed E-state index contributed by atoms with van der Waals surface area (Å²) in [6, 6.07) is -3.10. The number of nitrogens with zero attached hydrogens (tertiary/aromatic N) is 3. The van der Waals surface area contributed by atoms with Crippen LogP contribution in [0.5, 0.6) is 0 Å². The summed E-state index contributed by atoms with van der Waals surface area (Å²) in [7, 11) is -2.40. The molecule has 0 fully saturated rings. The van der Waals surface area contributed by atoms with E-state index in [0.717, 1.165) is 50.8 Å². The van der Waals surface area contributed by atoms with Crippen LogP contribution in [0.25, 0.3) is 0 Å². The van der Waals surface area contributed by atoms with Crippen molar-refractivity contribution in [1.82, 2.24) is 57.2 Å². The first-order valence-corrected chi connectivity index (χ1v) is 25.9. The Morgan fingerprint density at radius 3 is 1.84 bits per heavy atom. The summed E-state index contributed by atoms with van der Waals surface area (Å²) in [6.07, 6.45) is 17.8. The second-order valence-electron chi connectivity index (χ2n) is 16.6. The Kier molecular flexibility index (Phi) is 34.9. The number of aryl methyl sites for hydroxylation is 1. The van der Waals surface area contributed by atoms with Gasteiger partial charge in [-0.2, -0.15) is 0 Å². The monoisotopic (exact) mass is 987 g/mol. The van der Waals surface area contributed by atoms with Crippen LogP contribution in [0, 0.1) is 5.41 Å². The van der Waals surface area contributed by atoms with Gasteiger partial charge in [0.2, 0.25) is 45.5 Å². The Hall–Kier alpha value is -5.01. The molecule has 24 nitrogen and oxygen atoms in total. The molecule has 1 aromatic heterocycles. The van der Waals surface area contributed by atoms with Gasteiger partial charge in [0.25, 0.3) is 0 Å².